The summed E-state index contributed by atoms with van der Waals surface area (Å²) in [5, 5.41) is 3.50. The van der Waals surface area contributed by atoms with Crippen LogP contribution in [-0.4, -0.2) is 10.1 Å². The van der Waals surface area contributed by atoms with Gasteiger partial charge in [-0.2, -0.15) is 0 Å². The van der Waals surface area contributed by atoms with Crippen LogP contribution in [0.3, 0.4) is 0 Å². The summed E-state index contributed by atoms with van der Waals surface area (Å²) in [4.78, 5) is 13.9. The molecular weight excluding hydrogens is 226 g/mol. The van der Waals surface area contributed by atoms with Crippen molar-refractivity contribution in [2.24, 2.45) is 5.73 Å². The van der Waals surface area contributed by atoms with Crippen molar-refractivity contribution < 1.29 is 4.52 Å². The van der Waals surface area contributed by atoms with Crippen LogP contribution in [0.25, 0.3) is 0 Å². The molecule has 14 heavy (non-hydrogen) atoms. The average molecular weight is 232 g/mol. The Balaban J connectivity index is 2.32. The molecule has 5 nitrogen and oxygen atoms in total. The van der Waals surface area contributed by atoms with Gasteiger partial charge in [-0.05, 0) is 12.1 Å². The number of aromatic nitrogens is 2. The highest BCUT2D eigenvalue weighted by Crippen LogP contribution is 2.27. The number of halogens is 1. The van der Waals surface area contributed by atoms with E-state index in [9.17, 15) is 4.79 Å². The van der Waals surface area contributed by atoms with Crippen molar-refractivity contribution in [2.75, 3.05) is 0 Å². The third-order valence-corrected chi connectivity index (χ3v) is 2.97. The molecule has 74 valence electrons. The molecule has 2 heterocycles. The SMILES string of the molecule is N[C@@H](c1noc(=O)[nH]1)c1ccc(Cl)s1. The fourth-order valence-electron chi connectivity index (χ4n) is 1.01. The van der Waals surface area contributed by atoms with Crippen LogP contribution in [0.2, 0.25) is 4.34 Å². The van der Waals surface area contributed by atoms with Crippen LogP contribution in [0.4, 0.5) is 0 Å². The van der Waals surface area contributed by atoms with E-state index < -0.39 is 11.8 Å². The van der Waals surface area contributed by atoms with Crippen LogP contribution in [0.5, 0.6) is 0 Å². The molecule has 0 bridgehead atoms. The van der Waals surface area contributed by atoms with Crippen LogP contribution < -0.4 is 11.5 Å². The van der Waals surface area contributed by atoms with Crippen molar-refractivity contribution in [1.82, 2.24) is 10.1 Å². The Labute approximate surface area is 87.5 Å². The van der Waals surface area contributed by atoms with Crippen LogP contribution in [-0.2, 0) is 0 Å². The van der Waals surface area contributed by atoms with Crippen molar-refractivity contribution >= 4 is 22.9 Å². The van der Waals surface area contributed by atoms with Gasteiger partial charge < -0.3 is 5.73 Å². The van der Waals surface area contributed by atoms with E-state index in [1.54, 1.807) is 12.1 Å². The number of nitrogens with two attached hydrogens (primary N) is 1. The first-order valence-corrected chi connectivity index (χ1v) is 4.93. The predicted octanol–water partition coefficient (Wildman–Crippen LogP) is 1.13. The topological polar surface area (TPSA) is 84.9 Å². The van der Waals surface area contributed by atoms with Crippen LogP contribution in [0, 0.1) is 0 Å². The van der Waals surface area contributed by atoms with E-state index in [1.807, 2.05) is 0 Å². The number of aromatic amines is 1. The Morgan fingerprint density at radius 3 is 2.93 bits per heavy atom. The fourth-order valence-corrected chi connectivity index (χ4v) is 2.07. The second kappa shape index (κ2) is 3.56. The smallest absolute Gasteiger partial charge is 0.317 e. The monoisotopic (exact) mass is 231 g/mol. The third kappa shape index (κ3) is 1.72. The molecule has 7 heteroatoms. The van der Waals surface area contributed by atoms with E-state index in [-0.39, 0.29) is 0 Å². The fraction of sp³-hybridized carbons (Fsp3) is 0.143. The first-order valence-electron chi connectivity index (χ1n) is 3.73. The zero-order chi connectivity index (χ0) is 10.1. The minimum atomic E-state index is -0.613. The van der Waals surface area contributed by atoms with Gasteiger partial charge in [0.2, 0.25) is 0 Å². The van der Waals surface area contributed by atoms with E-state index in [2.05, 4.69) is 14.7 Å². The molecule has 0 amide bonds. The summed E-state index contributed by atoms with van der Waals surface area (Å²) in [6.45, 7) is 0. The van der Waals surface area contributed by atoms with Crippen LogP contribution in [0.15, 0.2) is 21.5 Å². The molecule has 2 aromatic rings. The zero-order valence-corrected chi connectivity index (χ0v) is 8.43. The minimum Gasteiger partial charge on any atom is -0.317 e. The van der Waals surface area contributed by atoms with E-state index in [0.717, 1.165) is 4.88 Å². The van der Waals surface area contributed by atoms with Crippen molar-refractivity contribution in [1.29, 1.82) is 0 Å². The predicted molar refractivity (Wildman–Crippen MR) is 52.5 cm³/mol. The molecule has 0 aliphatic carbocycles. The molecule has 0 fully saturated rings. The van der Waals surface area contributed by atoms with Crippen molar-refractivity contribution in [3.05, 3.63) is 37.7 Å². The van der Waals surface area contributed by atoms with Gasteiger partial charge in [0.25, 0.3) is 0 Å². The number of H-pyrrole nitrogens is 1. The summed E-state index contributed by atoms with van der Waals surface area (Å²) < 4.78 is 4.98. The van der Waals surface area contributed by atoms with Crippen LogP contribution >= 0.6 is 22.9 Å². The Bertz CT molecular complexity index is 489. The molecule has 0 aromatic carbocycles. The van der Waals surface area contributed by atoms with Gasteiger partial charge in [0.1, 0.15) is 6.04 Å². The molecule has 0 aliphatic heterocycles. The maximum absolute atomic E-state index is 10.7. The van der Waals surface area contributed by atoms with Gasteiger partial charge in [-0.1, -0.05) is 16.8 Å². The number of hydrogen-bond acceptors (Lipinski definition) is 5. The summed E-state index contributed by atoms with van der Waals surface area (Å²) in [5.41, 5.74) is 5.80. The van der Waals surface area contributed by atoms with Gasteiger partial charge in [0, 0.05) is 4.88 Å². The molecule has 0 saturated carbocycles. The summed E-state index contributed by atoms with van der Waals surface area (Å²) >= 11 is 7.08. The number of hydrogen-bond donors (Lipinski definition) is 2. The Hall–Kier alpha value is -1.11. The quantitative estimate of drug-likeness (QED) is 0.811. The average Bonchev–Trinajstić information content (AvgIpc) is 2.73. The molecular formula is C7H6ClN3O2S. The van der Waals surface area contributed by atoms with Gasteiger partial charge in [-0.3, -0.25) is 9.51 Å². The Morgan fingerprint density at radius 2 is 2.43 bits per heavy atom. The second-order valence-electron chi connectivity index (χ2n) is 2.60. The maximum atomic E-state index is 10.7. The van der Waals surface area contributed by atoms with Crippen molar-refractivity contribution in [3.63, 3.8) is 0 Å². The highest BCUT2D eigenvalue weighted by molar-refractivity contribution is 7.16. The molecule has 0 aliphatic rings. The molecule has 0 radical (unpaired) electrons. The lowest BCUT2D eigenvalue weighted by molar-refractivity contribution is 0.379. The van der Waals surface area contributed by atoms with Gasteiger partial charge in [-0.25, -0.2) is 4.79 Å². The summed E-state index contributed by atoms with van der Waals surface area (Å²) in [6, 6.07) is 3.02. The highest BCUT2D eigenvalue weighted by atomic mass is 35.5. The lowest BCUT2D eigenvalue weighted by Crippen LogP contribution is -2.13. The van der Waals surface area contributed by atoms with Gasteiger partial charge in [-0.15, -0.1) is 11.3 Å². The lowest BCUT2D eigenvalue weighted by atomic mass is 10.2. The zero-order valence-electron chi connectivity index (χ0n) is 6.86. The van der Waals surface area contributed by atoms with Crippen molar-refractivity contribution in [2.45, 2.75) is 6.04 Å². The first-order chi connectivity index (χ1) is 6.66. The summed E-state index contributed by atoms with van der Waals surface area (Å²) in [5.74, 6) is -0.313. The van der Waals surface area contributed by atoms with E-state index >= 15 is 0 Å². The Kier molecular flexibility index (Phi) is 2.40. The van der Waals surface area contributed by atoms with Gasteiger partial charge >= 0.3 is 5.76 Å². The highest BCUT2D eigenvalue weighted by Gasteiger charge is 2.15. The first kappa shape index (κ1) is 9.45. The molecule has 1 atom stereocenters. The Morgan fingerprint density at radius 1 is 1.64 bits per heavy atom. The number of nitrogens with one attached hydrogen (secondary N) is 1. The molecule has 0 unspecified atom stereocenters. The molecule has 0 spiro atoms. The standard InChI is InChI=1S/C7H6ClN3O2S/c8-4-2-1-3(14-4)5(9)6-10-7(12)13-11-6/h1-2,5H,9H2,(H,10,11,12)/t5-/m1/s1. The van der Waals surface area contributed by atoms with E-state index in [1.165, 1.54) is 11.3 Å². The van der Waals surface area contributed by atoms with Gasteiger partial charge in [0.05, 0.1) is 4.34 Å². The van der Waals surface area contributed by atoms with Crippen molar-refractivity contribution in [3.8, 4) is 0 Å². The number of nitrogens with zero attached hydrogens (tertiary/aromatic N) is 1. The number of thiophene rings is 1. The molecule has 3 N–H and O–H groups in total. The van der Waals surface area contributed by atoms with E-state index in [4.69, 9.17) is 17.3 Å². The number of rotatable bonds is 2. The molecule has 2 aromatic heterocycles. The van der Waals surface area contributed by atoms with E-state index in [0.29, 0.717) is 10.2 Å². The van der Waals surface area contributed by atoms with Gasteiger partial charge in [0.15, 0.2) is 5.82 Å². The lowest BCUT2D eigenvalue weighted by Gasteiger charge is -2.02. The third-order valence-electron chi connectivity index (χ3n) is 1.65. The second-order valence-corrected chi connectivity index (χ2v) is 4.35. The summed E-state index contributed by atoms with van der Waals surface area (Å²) in [7, 11) is 0. The maximum Gasteiger partial charge on any atom is 0.438 e. The van der Waals surface area contributed by atoms with Crippen LogP contribution in [0.1, 0.15) is 16.7 Å². The minimum absolute atomic E-state index is 0.300. The summed E-state index contributed by atoms with van der Waals surface area (Å²) in [6.07, 6.45) is 0. The largest absolute Gasteiger partial charge is 0.438 e. The molecule has 2 rings (SSSR count). The molecule has 0 saturated heterocycles. The normalized spacial score (nSPS) is 13.0.